The number of hydrogen-bond donors (Lipinski definition) is 4. The molecule has 1 amide bonds. The quantitative estimate of drug-likeness (QED) is 0.527. The SMILES string of the molecule is C=C1Cc2cc(Nc3cc(Nc4cccnc4C(=O)NC)c(C)cn3)ccc2N1. The van der Waals surface area contributed by atoms with E-state index in [1.54, 1.807) is 25.5 Å². The largest absolute Gasteiger partial charge is 0.359 e. The minimum Gasteiger partial charge on any atom is -0.359 e. The van der Waals surface area contributed by atoms with Gasteiger partial charge in [0, 0.05) is 54.7 Å². The molecule has 4 rings (SSSR count). The first-order chi connectivity index (χ1) is 14.0. The Balaban J connectivity index is 1.59. The summed E-state index contributed by atoms with van der Waals surface area (Å²) in [6.07, 6.45) is 4.21. The Bertz CT molecular complexity index is 1110. The van der Waals surface area contributed by atoms with Crippen molar-refractivity contribution < 1.29 is 4.79 Å². The van der Waals surface area contributed by atoms with Gasteiger partial charge in [-0.3, -0.25) is 4.79 Å². The zero-order valence-electron chi connectivity index (χ0n) is 16.3. The van der Waals surface area contributed by atoms with Crippen molar-refractivity contribution in [1.82, 2.24) is 15.3 Å². The second-order valence-corrected chi connectivity index (χ2v) is 6.89. The highest BCUT2D eigenvalue weighted by Gasteiger charge is 2.15. The number of rotatable bonds is 5. The number of anilines is 5. The Kier molecular flexibility index (Phi) is 4.87. The number of hydrogen-bond acceptors (Lipinski definition) is 6. The van der Waals surface area contributed by atoms with Crippen LogP contribution in [0.3, 0.4) is 0 Å². The number of benzene rings is 1. The fourth-order valence-corrected chi connectivity index (χ4v) is 3.23. The maximum Gasteiger partial charge on any atom is 0.271 e. The Morgan fingerprint density at radius 1 is 1.14 bits per heavy atom. The van der Waals surface area contributed by atoms with Crippen LogP contribution < -0.4 is 21.3 Å². The lowest BCUT2D eigenvalue weighted by molar-refractivity contribution is 0.0959. The van der Waals surface area contributed by atoms with Crippen LogP contribution in [-0.2, 0) is 6.42 Å². The van der Waals surface area contributed by atoms with E-state index in [9.17, 15) is 4.79 Å². The molecule has 0 fully saturated rings. The van der Waals surface area contributed by atoms with Gasteiger partial charge in [-0.1, -0.05) is 6.58 Å². The highest BCUT2D eigenvalue weighted by atomic mass is 16.1. The molecule has 1 aliphatic heterocycles. The molecule has 29 heavy (non-hydrogen) atoms. The van der Waals surface area contributed by atoms with E-state index < -0.39 is 0 Å². The molecule has 7 nitrogen and oxygen atoms in total. The number of carbonyl (C=O) groups is 1. The predicted octanol–water partition coefficient (Wildman–Crippen LogP) is 4.11. The van der Waals surface area contributed by atoms with Gasteiger partial charge >= 0.3 is 0 Å². The first-order valence-electron chi connectivity index (χ1n) is 9.29. The first kappa shape index (κ1) is 18.5. The topological polar surface area (TPSA) is 91.0 Å². The van der Waals surface area contributed by atoms with Crippen LogP contribution in [0.2, 0.25) is 0 Å². The fourth-order valence-electron chi connectivity index (χ4n) is 3.23. The molecule has 4 N–H and O–H groups in total. The smallest absolute Gasteiger partial charge is 0.271 e. The number of pyridine rings is 2. The van der Waals surface area contributed by atoms with E-state index in [4.69, 9.17) is 0 Å². The molecular formula is C22H22N6O. The lowest BCUT2D eigenvalue weighted by Gasteiger charge is -2.14. The summed E-state index contributed by atoms with van der Waals surface area (Å²) in [5.74, 6) is 0.458. The number of aryl methyl sites for hydroxylation is 1. The van der Waals surface area contributed by atoms with Crippen LogP contribution in [-0.4, -0.2) is 22.9 Å². The summed E-state index contributed by atoms with van der Waals surface area (Å²) in [5, 5.41) is 12.5. The standard InChI is InChI=1S/C22H22N6O/c1-13-12-25-20(27-16-6-7-17-15(10-16)9-14(2)26-17)11-19(13)28-18-5-4-8-24-21(18)22(29)23-3/h4-8,10-12,26H,2,9H2,1,3H3,(H,23,29)(H2,25,27,28). The summed E-state index contributed by atoms with van der Waals surface area (Å²) in [6, 6.07) is 11.7. The highest BCUT2D eigenvalue weighted by Crippen LogP contribution is 2.31. The number of amides is 1. The molecular weight excluding hydrogens is 364 g/mol. The molecule has 1 aliphatic rings. The average Bonchev–Trinajstić information content (AvgIpc) is 3.09. The minimum atomic E-state index is -0.244. The van der Waals surface area contributed by atoms with E-state index in [-0.39, 0.29) is 5.91 Å². The van der Waals surface area contributed by atoms with Crippen molar-refractivity contribution in [3.8, 4) is 0 Å². The van der Waals surface area contributed by atoms with Gasteiger partial charge in [0.25, 0.3) is 5.91 Å². The summed E-state index contributed by atoms with van der Waals surface area (Å²) in [7, 11) is 1.59. The zero-order chi connectivity index (χ0) is 20.4. The van der Waals surface area contributed by atoms with E-state index in [0.29, 0.717) is 17.2 Å². The van der Waals surface area contributed by atoms with Crippen molar-refractivity contribution in [2.24, 2.45) is 0 Å². The number of allylic oxidation sites excluding steroid dienone is 1. The van der Waals surface area contributed by atoms with Crippen molar-refractivity contribution in [2.45, 2.75) is 13.3 Å². The molecule has 0 saturated heterocycles. The lowest BCUT2D eigenvalue weighted by Crippen LogP contribution is -2.20. The monoisotopic (exact) mass is 386 g/mol. The van der Waals surface area contributed by atoms with Crippen molar-refractivity contribution >= 4 is 34.5 Å². The lowest BCUT2D eigenvalue weighted by atomic mass is 10.1. The molecule has 1 aromatic carbocycles. The van der Waals surface area contributed by atoms with Crippen LogP contribution in [0.5, 0.6) is 0 Å². The molecule has 0 aliphatic carbocycles. The minimum absolute atomic E-state index is 0.244. The van der Waals surface area contributed by atoms with Crippen LogP contribution in [0.25, 0.3) is 0 Å². The van der Waals surface area contributed by atoms with Crippen molar-refractivity contribution in [3.05, 3.63) is 77.9 Å². The van der Waals surface area contributed by atoms with Gasteiger partial charge < -0.3 is 21.3 Å². The molecule has 3 aromatic rings. The van der Waals surface area contributed by atoms with Crippen LogP contribution in [0.4, 0.5) is 28.6 Å². The molecule has 0 saturated carbocycles. The Morgan fingerprint density at radius 3 is 2.83 bits per heavy atom. The van der Waals surface area contributed by atoms with Crippen molar-refractivity contribution in [1.29, 1.82) is 0 Å². The molecule has 0 radical (unpaired) electrons. The molecule has 0 spiro atoms. The molecule has 7 heteroatoms. The third-order valence-electron chi connectivity index (χ3n) is 4.72. The molecule has 2 aromatic heterocycles. The van der Waals surface area contributed by atoms with Gasteiger partial charge in [-0.2, -0.15) is 0 Å². The Morgan fingerprint density at radius 2 is 2.00 bits per heavy atom. The summed E-state index contributed by atoms with van der Waals surface area (Å²) in [6.45, 7) is 5.94. The zero-order valence-corrected chi connectivity index (χ0v) is 16.3. The summed E-state index contributed by atoms with van der Waals surface area (Å²) in [4.78, 5) is 20.7. The van der Waals surface area contributed by atoms with Gasteiger partial charge in [-0.15, -0.1) is 0 Å². The average molecular weight is 386 g/mol. The second kappa shape index (κ2) is 7.63. The summed E-state index contributed by atoms with van der Waals surface area (Å²) < 4.78 is 0. The van der Waals surface area contributed by atoms with Gasteiger partial charge in [-0.05, 0) is 48.4 Å². The van der Waals surface area contributed by atoms with Crippen LogP contribution in [0, 0.1) is 6.92 Å². The Hall–Kier alpha value is -3.87. The molecule has 0 unspecified atom stereocenters. The van der Waals surface area contributed by atoms with Crippen LogP contribution in [0.15, 0.2) is 61.1 Å². The maximum atomic E-state index is 12.1. The predicted molar refractivity (Wildman–Crippen MR) is 116 cm³/mol. The van der Waals surface area contributed by atoms with Crippen molar-refractivity contribution in [3.63, 3.8) is 0 Å². The van der Waals surface area contributed by atoms with E-state index in [1.165, 1.54) is 5.56 Å². The summed E-state index contributed by atoms with van der Waals surface area (Å²) in [5.41, 5.74) is 7.03. The van der Waals surface area contributed by atoms with Crippen LogP contribution in [0.1, 0.15) is 21.6 Å². The van der Waals surface area contributed by atoms with Gasteiger partial charge in [0.2, 0.25) is 0 Å². The first-order valence-corrected chi connectivity index (χ1v) is 9.29. The van der Waals surface area contributed by atoms with E-state index in [2.05, 4.69) is 43.9 Å². The molecule has 0 atom stereocenters. The third kappa shape index (κ3) is 3.89. The fraction of sp³-hybridized carbons (Fsp3) is 0.136. The third-order valence-corrected chi connectivity index (χ3v) is 4.72. The summed E-state index contributed by atoms with van der Waals surface area (Å²) >= 11 is 0. The van der Waals surface area contributed by atoms with Crippen molar-refractivity contribution in [2.75, 3.05) is 23.0 Å². The molecule has 0 bridgehead atoms. The van der Waals surface area contributed by atoms with E-state index in [1.807, 2.05) is 31.2 Å². The number of aromatic nitrogens is 2. The van der Waals surface area contributed by atoms with Crippen LogP contribution >= 0.6 is 0 Å². The number of nitrogens with zero attached hydrogens (tertiary/aromatic N) is 2. The van der Waals surface area contributed by atoms with Gasteiger partial charge in [-0.25, -0.2) is 9.97 Å². The van der Waals surface area contributed by atoms with Gasteiger partial charge in [0.1, 0.15) is 5.82 Å². The maximum absolute atomic E-state index is 12.1. The van der Waals surface area contributed by atoms with Gasteiger partial charge in [0.15, 0.2) is 5.69 Å². The Labute approximate surface area is 169 Å². The van der Waals surface area contributed by atoms with Gasteiger partial charge in [0.05, 0.1) is 5.69 Å². The number of nitrogens with one attached hydrogen (secondary N) is 4. The number of carbonyl (C=O) groups excluding carboxylic acids is 1. The molecule has 146 valence electrons. The number of fused-ring (bicyclic) bond motifs is 1. The van der Waals surface area contributed by atoms with E-state index in [0.717, 1.165) is 34.7 Å². The second-order valence-electron chi connectivity index (χ2n) is 6.89. The van der Waals surface area contributed by atoms with E-state index >= 15 is 0 Å². The highest BCUT2D eigenvalue weighted by molar-refractivity contribution is 5.98. The normalized spacial score (nSPS) is 12.1. The molecule has 3 heterocycles.